The molecule has 1 aromatic rings. The third-order valence-corrected chi connectivity index (χ3v) is 6.28. The molecule has 1 fully saturated rings. The lowest BCUT2D eigenvalue weighted by molar-refractivity contribution is 0.0263. The van der Waals surface area contributed by atoms with Gasteiger partial charge in [0.15, 0.2) is 5.96 Å². The van der Waals surface area contributed by atoms with E-state index in [4.69, 9.17) is 9.73 Å². The maximum absolute atomic E-state index is 12.4. The molecule has 1 aliphatic rings. The molecule has 0 radical (unpaired) electrons. The molecule has 0 bridgehead atoms. The average molecular weight is 553 g/mol. The number of nitrogens with one attached hydrogen (secondary N) is 2. The Morgan fingerprint density at radius 1 is 1.20 bits per heavy atom. The summed E-state index contributed by atoms with van der Waals surface area (Å²) in [5.74, 6) is 0.841. The van der Waals surface area contributed by atoms with Gasteiger partial charge in [0.25, 0.3) is 0 Å². The highest BCUT2D eigenvalue weighted by Gasteiger charge is 2.22. The number of hydrogen-bond acceptors (Lipinski definition) is 4. The lowest BCUT2D eigenvalue weighted by Gasteiger charge is -2.34. The highest BCUT2D eigenvalue weighted by molar-refractivity contribution is 14.0. The molecule has 2 N–H and O–H groups in total. The van der Waals surface area contributed by atoms with Crippen LogP contribution in [0, 0.1) is 0 Å². The highest BCUT2D eigenvalue weighted by Crippen LogP contribution is 2.16. The summed E-state index contributed by atoms with van der Waals surface area (Å²) in [5, 5.41) is 3.37. The molecule has 30 heavy (non-hydrogen) atoms. The van der Waals surface area contributed by atoms with Gasteiger partial charge in [-0.3, -0.25) is 0 Å². The van der Waals surface area contributed by atoms with Crippen LogP contribution in [0.15, 0.2) is 29.3 Å². The monoisotopic (exact) mass is 552 g/mol. The fourth-order valence-corrected chi connectivity index (χ4v) is 5.01. The van der Waals surface area contributed by atoms with E-state index >= 15 is 0 Å². The summed E-state index contributed by atoms with van der Waals surface area (Å²) in [4.78, 5) is 7.07. The maximum Gasteiger partial charge on any atom is 0.216 e. The van der Waals surface area contributed by atoms with Crippen LogP contribution >= 0.6 is 24.0 Å². The molecule has 1 heterocycles. The molecule has 0 unspecified atom stereocenters. The van der Waals surface area contributed by atoms with Crippen LogP contribution in [0.5, 0.6) is 0 Å². The van der Waals surface area contributed by atoms with E-state index in [9.17, 15) is 8.42 Å². The molecule has 0 atom stereocenters. The summed E-state index contributed by atoms with van der Waals surface area (Å²) in [6, 6.07) is 7.50. The zero-order valence-electron chi connectivity index (χ0n) is 18.6. The summed E-state index contributed by atoms with van der Waals surface area (Å²) < 4.78 is 33.1. The van der Waals surface area contributed by atoms with Crippen molar-refractivity contribution in [2.75, 3.05) is 26.2 Å². The summed E-state index contributed by atoms with van der Waals surface area (Å²) in [5.41, 5.74) is 1.72. The van der Waals surface area contributed by atoms with Crippen molar-refractivity contribution < 1.29 is 13.2 Å². The highest BCUT2D eigenvalue weighted by atomic mass is 127. The zero-order valence-corrected chi connectivity index (χ0v) is 21.7. The van der Waals surface area contributed by atoms with E-state index in [1.54, 1.807) is 0 Å². The largest absolute Gasteiger partial charge is 0.378 e. The smallest absolute Gasteiger partial charge is 0.216 e. The van der Waals surface area contributed by atoms with Crippen LogP contribution < -0.4 is 10.0 Å². The first-order chi connectivity index (χ1) is 13.8. The van der Waals surface area contributed by atoms with Gasteiger partial charge in [-0.2, -0.15) is 0 Å². The van der Waals surface area contributed by atoms with Crippen molar-refractivity contribution in [1.29, 1.82) is 0 Å². The summed E-state index contributed by atoms with van der Waals surface area (Å²) in [6.45, 7) is 11.5. The van der Waals surface area contributed by atoms with Crippen LogP contribution in [0.2, 0.25) is 0 Å². The first-order valence-corrected chi connectivity index (χ1v) is 12.2. The maximum atomic E-state index is 12.4. The normalized spacial score (nSPS) is 15.9. The van der Waals surface area contributed by atoms with E-state index < -0.39 is 10.0 Å². The number of ether oxygens (including phenoxy) is 1. The predicted molar refractivity (Wildman–Crippen MR) is 134 cm³/mol. The van der Waals surface area contributed by atoms with E-state index in [-0.39, 0.29) is 35.8 Å². The summed E-state index contributed by atoms with van der Waals surface area (Å²) in [6.07, 6.45) is 2.32. The predicted octanol–water partition coefficient (Wildman–Crippen LogP) is 3.10. The Hall–Kier alpha value is -0.910. The van der Waals surface area contributed by atoms with Crippen molar-refractivity contribution in [2.24, 2.45) is 4.99 Å². The number of aliphatic imine (C=N–C) groups is 1. The fraction of sp³-hybridized carbons (Fsp3) is 0.667. The minimum absolute atomic E-state index is 0. The van der Waals surface area contributed by atoms with Gasteiger partial charge in [0.2, 0.25) is 10.0 Å². The number of guanidine groups is 1. The van der Waals surface area contributed by atoms with Gasteiger partial charge in [0, 0.05) is 32.3 Å². The zero-order chi connectivity index (χ0) is 21.3. The summed E-state index contributed by atoms with van der Waals surface area (Å²) in [7, 11) is -3.38. The van der Waals surface area contributed by atoms with Crippen molar-refractivity contribution in [1.82, 2.24) is 14.9 Å². The Kier molecular flexibility index (Phi) is 12.2. The van der Waals surface area contributed by atoms with E-state index in [2.05, 4.69) is 21.9 Å². The third kappa shape index (κ3) is 9.07. The van der Waals surface area contributed by atoms with Crippen molar-refractivity contribution in [3.05, 3.63) is 35.4 Å². The molecule has 0 amide bonds. The molecule has 2 rings (SSSR count). The molecule has 0 aliphatic carbocycles. The molecular weight excluding hydrogens is 515 g/mol. The number of likely N-dealkylation sites (tertiary alicyclic amines) is 1. The topological polar surface area (TPSA) is 83.0 Å². The van der Waals surface area contributed by atoms with Crippen molar-refractivity contribution >= 4 is 40.0 Å². The van der Waals surface area contributed by atoms with E-state index in [1.807, 2.05) is 45.0 Å². The van der Waals surface area contributed by atoms with Crippen LogP contribution in [-0.2, 0) is 27.1 Å². The molecule has 0 spiro atoms. The Balaban J connectivity index is 0.00000450. The van der Waals surface area contributed by atoms with Gasteiger partial charge >= 0.3 is 0 Å². The standard InChI is InChI=1S/C21H36N4O3S.HI/c1-5-22-21(25-13-11-20(12-14-25)28-6-2)23-15-18-9-7-8-10-19(18)16-29(26,27)24-17(3)4;/h7-10,17,20,24H,5-6,11-16H2,1-4H3,(H,22,23);1H. The molecular formula is C21H37IN4O3S. The fourth-order valence-electron chi connectivity index (χ4n) is 3.51. The molecule has 1 aliphatic heterocycles. The first kappa shape index (κ1) is 27.1. The molecule has 1 aromatic carbocycles. The second-order valence-electron chi connectivity index (χ2n) is 7.61. The van der Waals surface area contributed by atoms with Crippen LogP contribution in [0.4, 0.5) is 0 Å². The Morgan fingerprint density at radius 3 is 2.40 bits per heavy atom. The van der Waals surface area contributed by atoms with Gasteiger partial charge in [-0.1, -0.05) is 24.3 Å². The molecule has 0 saturated carbocycles. The quantitative estimate of drug-likeness (QED) is 0.280. The number of hydrogen-bond donors (Lipinski definition) is 2. The number of benzene rings is 1. The first-order valence-electron chi connectivity index (χ1n) is 10.6. The van der Waals surface area contributed by atoms with Gasteiger partial charge < -0.3 is 15.0 Å². The summed E-state index contributed by atoms with van der Waals surface area (Å²) >= 11 is 0. The van der Waals surface area contributed by atoms with Gasteiger partial charge in [-0.05, 0) is 51.7 Å². The Bertz CT molecular complexity index is 763. The van der Waals surface area contributed by atoms with E-state index in [0.29, 0.717) is 12.6 Å². The van der Waals surface area contributed by atoms with Crippen LogP contribution in [0.25, 0.3) is 0 Å². The average Bonchev–Trinajstić information content (AvgIpc) is 2.66. The van der Waals surface area contributed by atoms with Gasteiger partial charge in [0.05, 0.1) is 18.4 Å². The second kappa shape index (κ2) is 13.5. The minimum Gasteiger partial charge on any atom is -0.378 e. The number of piperidine rings is 1. The second-order valence-corrected chi connectivity index (χ2v) is 9.37. The number of rotatable bonds is 9. The van der Waals surface area contributed by atoms with Crippen LogP contribution in [0.3, 0.4) is 0 Å². The van der Waals surface area contributed by atoms with Crippen LogP contribution in [-0.4, -0.2) is 57.7 Å². The number of halogens is 1. The molecule has 0 aromatic heterocycles. The van der Waals surface area contributed by atoms with Crippen molar-refractivity contribution in [2.45, 2.75) is 65.0 Å². The lowest BCUT2D eigenvalue weighted by Crippen LogP contribution is -2.47. The van der Waals surface area contributed by atoms with E-state index in [1.165, 1.54) is 0 Å². The van der Waals surface area contributed by atoms with Crippen LogP contribution in [0.1, 0.15) is 51.7 Å². The van der Waals surface area contributed by atoms with E-state index in [0.717, 1.165) is 56.2 Å². The molecule has 9 heteroatoms. The Labute approximate surface area is 199 Å². The number of nitrogens with zero attached hydrogens (tertiary/aromatic N) is 2. The number of sulfonamides is 1. The van der Waals surface area contributed by atoms with Gasteiger partial charge in [-0.15, -0.1) is 24.0 Å². The SMILES string of the molecule is CCNC(=NCc1ccccc1CS(=O)(=O)NC(C)C)N1CCC(OCC)CC1.I. The molecule has 172 valence electrons. The lowest BCUT2D eigenvalue weighted by atomic mass is 10.1. The molecule has 7 nitrogen and oxygen atoms in total. The third-order valence-electron chi connectivity index (χ3n) is 4.76. The Morgan fingerprint density at radius 2 is 1.83 bits per heavy atom. The van der Waals surface area contributed by atoms with Gasteiger partial charge in [-0.25, -0.2) is 18.1 Å². The van der Waals surface area contributed by atoms with Gasteiger partial charge in [0.1, 0.15) is 0 Å². The molecule has 1 saturated heterocycles. The minimum atomic E-state index is -3.38. The van der Waals surface area contributed by atoms with Crippen molar-refractivity contribution in [3.63, 3.8) is 0 Å². The van der Waals surface area contributed by atoms with Crippen molar-refractivity contribution in [3.8, 4) is 0 Å².